The highest BCUT2D eigenvalue weighted by atomic mass is 32.1. The number of aliphatic hydroxyl groups excluding tert-OH is 1. The maximum absolute atomic E-state index is 14.5. The van der Waals surface area contributed by atoms with E-state index in [1.165, 1.54) is 36.8 Å². The first kappa shape index (κ1) is 81.7. The minimum Gasteiger partial charge on any atom is -0.508 e. The monoisotopic (exact) mass is 1420 g/mol. The molecule has 14 amide bonds. The van der Waals surface area contributed by atoms with E-state index in [0.29, 0.717) is 17.7 Å². The molecule has 0 bridgehead atoms. The van der Waals surface area contributed by atoms with E-state index in [1.54, 1.807) is 27.7 Å². The first-order chi connectivity index (χ1) is 47.0. The minimum atomic E-state index is -1.50. The molecule has 2 saturated heterocycles. The number of hydrogen-bond acceptors (Lipinski definition) is 21. The number of terminal acetylenes is 1. The van der Waals surface area contributed by atoms with Crippen LogP contribution in [0.5, 0.6) is 5.75 Å². The zero-order valence-corrected chi connectivity index (χ0v) is 57.1. The van der Waals surface area contributed by atoms with Crippen molar-refractivity contribution in [3.05, 3.63) is 58.5 Å². The molecule has 18 N–H and O–H groups in total. The number of aromatic nitrogens is 2. The lowest BCUT2D eigenvalue weighted by molar-refractivity contribution is -0.146. The summed E-state index contributed by atoms with van der Waals surface area (Å²) in [6.07, 6.45) is 6.92. The molecule has 0 unspecified atom stereocenters. The molecule has 99 heavy (non-hydrogen) atoms. The number of aliphatic hydroxyl groups is 1. The lowest BCUT2D eigenvalue weighted by Gasteiger charge is -2.32. The van der Waals surface area contributed by atoms with E-state index >= 15 is 0 Å². The number of phenols is 1. The lowest BCUT2D eigenvalue weighted by atomic mass is 10.0. The Labute approximate surface area is 581 Å². The molecular weight excluding hydrogens is 1330 g/mol. The number of thiol groups is 2. The fraction of sp³-hybridized carbons (Fsp3) is 0.590. The maximum atomic E-state index is 14.5. The molecular formula is C61H90N20O16S2. The molecule has 2 aliphatic heterocycles. The van der Waals surface area contributed by atoms with Gasteiger partial charge in [-0.05, 0) is 80.1 Å². The van der Waals surface area contributed by atoms with Crippen LogP contribution >= 0.6 is 25.3 Å². The van der Waals surface area contributed by atoms with Gasteiger partial charge in [0, 0.05) is 67.1 Å². The van der Waals surface area contributed by atoms with Crippen LogP contribution in [0.1, 0.15) is 90.3 Å². The predicted octanol–water partition coefficient (Wildman–Crippen LogP) is -5.41. The molecule has 3 heterocycles. The van der Waals surface area contributed by atoms with Crippen LogP contribution in [-0.4, -0.2) is 237 Å². The van der Waals surface area contributed by atoms with Gasteiger partial charge in [0.25, 0.3) is 0 Å². The largest absolute Gasteiger partial charge is 0.508 e. The van der Waals surface area contributed by atoms with E-state index in [1.807, 2.05) is 0 Å². The van der Waals surface area contributed by atoms with Crippen LogP contribution in [0.2, 0.25) is 0 Å². The van der Waals surface area contributed by atoms with E-state index in [0.717, 1.165) is 9.80 Å². The first-order valence-electron chi connectivity index (χ1n) is 32.0. The van der Waals surface area contributed by atoms with Gasteiger partial charge >= 0.3 is 0 Å². The fourth-order valence-corrected chi connectivity index (χ4v) is 11.0. The second-order valence-electron chi connectivity index (χ2n) is 24.3. The second-order valence-corrected chi connectivity index (χ2v) is 25.0. The summed E-state index contributed by atoms with van der Waals surface area (Å²) >= 11 is 8.53. The van der Waals surface area contributed by atoms with Crippen molar-refractivity contribution in [2.75, 3.05) is 57.3 Å². The lowest BCUT2D eigenvalue weighted by Crippen LogP contribution is -2.61. The number of carbonyl (C=O) groups excluding carboxylic acids is 14. The van der Waals surface area contributed by atoms with Gasteiger partial charge in [-0.25, -0.2) is 4.98 Å². The number of benzene rings is 1. The number of β-amino-alcohol motifs (C(OH)–C–C–N with tert-alkyl or cyclic N) is 1. The molecule has 1 aromatic carbocycles. The van der Waals surface area contributed by atoms with E-state index in [2.05, 4.69) is 110 Å². The number of rotatable bonds is 41. The van der Waals surface area contributed by atoms with Gasteiger partial charge in [0.05, 0.1) is 32.1 Å². The summed E-state index contributed by atoms with van der Waals surface area (Å²) < 4.78 is 0. The number of H-pyrrole nitrogens is 1. The predicted molar refractivity (Wildman–Crippen MR) is 361 cm³/mol. The molecule has 0 radical (unpaired) electrons. The Kier molecular flexibility index (Phi) is 34.3. The minimum absolute atomic E-state index is 0.0188. The quantitative estimate of drug-likeness (QED) is 0.00738. The summed E-state index contributed by atoms with van der Waals surface area (Å²) in [6, 6.07) is -8.00. The highest BCUT2D eigenvalue weighted by molar-refractivity contribution is 7.80. The van der Waals surface area contributed by atoms with E-state index in [-0.39, 0.29) is 113 Å². The van der Waals surface area contributed by atoms with Crippen LogP contribution < -0.4 is 70.0 Å². The van der Waals surface area contributed by atoms with Crippen molar-refractivity contribution in [3.63, 3.8) is 0 Å². The van der Waals surface area contributed by atoms with Gasteiger partial charge in [-0.2, -0.15) is 25.3 Å². The van der Waals surface area contributed by atoms with Crippen LogP contribution in [0.25, 0.3) is 10.4 Å². The van der Waals surface area contributed by atoms with Crippen molar-refractivity contribution in [1.29, 1.82) is 0 Å². The molecule has 0 spiro atoms. The molecule has 0 aliphatic carbocycles. The molecule has 0 saturated carbocycles. The van der Waals surface area contributed by atoms with Crippen molar-refractivity contribution >= 4 is 108 Å². The Balaban J connectivity index is 1.49. The molecule has 4 rings (SSSR count). The number of unbranched alkanes of at least 4 members (excludes halogenated alkanes) is 1. The number of carbonyl (C=O) groups is 14. The molecule has 542 valence electrons. The summed E-state index contributed by atoms with van der Waals surface area (Å²) in [5, 5.41) is 52.0. The van der Waals surface area contributed by atoms with Gasteiger partial charge in [-0.15, -0.1) is 6.42 Å². The van der Waals surface area contributed by atoms with E-state index < -0.39 is 169 Å². The number of aromatic amines is 1. The second kappa shape index (κ2) is 41.5. The Morgan fingerprint density at radius 3 is 1.92 bits per heavy atom. The third-order valence-corrected chi connectivity index (χ3v) is 16.3. The average Bonchev–Trinajstić information content (AvgIpc) is 1.70. The highest BCUT2D eigenvalue weighted by Gasteiger charge is 2.44. The van der Waals surface area contributed by atoms with Gasteiger partial charge in [0.1, 0.15) is 72.7 Å². The molecule has 2 aliphatic rings. The molecule has 36 nitrogen and oxygen atoms in total. The molecule has 1 aromatic heterocycles. The number of phenolic OH excluding ortho intramolecular Hbond substituents is 1. The standard InChI is InChI=1S/C61H90N20O16S2/c1-6-19-80(28-47(63)84)61(97)46-23-37(83)27-81(46)60(96)43(22-35-24-65-31-68-35)75-58(94)45(30-99)77-56(92)41(20-32(2)3)74-54(90)38(9-7-8-17-62)72-57(93)42(21-34-10-12-36(82)13-11-34)71-49(86)25-67-53(89)44(29-98)76-55(91)40(16-18-69-79-64)73-59(95)51(33(4)5)78-50(87)26-66-52(88)39-14-15-48(85)70-39/h1,10-13,24,31-33,37-46,51,82-83,98-99H,7-9,14-23,25-30,62H2,2-5H3,(H2,63,84)(H,65,68)(H,66,88)(H,67,89)(H,70,85)(H,71,86)(H,72,93)(H,73,95)(H,74,90)(H,75,94)(H,76,91)(H,77,92)(H,78,87)/t37-,38+,39+,40+,41+,42+,43+,44+,45+,46+,51+/m1/s1. The number of imidazole rings is 1. The Morgan fingerprint density at radius 2 is 1.34 bits per heavy atom. The summed E-state index contributed by atoms with van der Waals surface area (Å²) in [5.41, 5.74) is 20.9. The summed E-state index contributed by atoms with van der Waals surface area (Å²) in [4.78, 5) is 201. The number of primary amides is 1. The molecule has 11 atom stereocenters. The van der Waals surface area contributed by atoms with Crippen LogP contribution in [0, 0.1) is 24.2 Å². The van der Waals surface area contributed by atoms with Crippen molar-refractivity contribution in [2.45, 2.75) is 158 Å². The number of amides is 14. The summed E-state index contributed by atoms with van der Waals surface area (Å²) in [7, 11) is 0. The zero-order valence-electron chi connectivity index (χ0n) is 55.3. The Hall–Kier alpha value is -9.70. The number of hydrogen-bond donors (Lipinski definition) is 18. The Morgan fingerprint density at radius 1 is 0.768 bits per heavy atom. The number of nitrogens with two attached hydrogens (primary N) is 2. The number of likely N-dealkylation sites (tertiary alicyclic amines) is 1. The molecule has 38 heteroatoms. The zero-order chi connectivity index (χ0) is 73.5. The number of aromatic hydroxyl groups is 1. The van der Waals surface area contributed by atoms with Gasteiger partial charge in [-0.1, -0.05) is 50.9 Å². The van der Waals surface area contributed by atoms with Gasteiger partial charge in [0.2, 0.25) is 82.7 Å². The average molecular weight is 1420 g/mol. The highest BCUT2D eigenvalue weighted by Crippen LogP contribution is 2.23. The number of nitrogens with zero attached hydrogens (tertiary/aromatic N) is 6. The molecule has 2 fully saturated rings. The van der Waals surface area contributed by atoms with Crippen LogP contribution in [-0.2, 0) is 80.0 Å². The van der Waals surface area contributed by atoms with Crippen molar-refractivity contribution in [2.24, 2.45) is 28.4 Å². The van der Waals surface area contributed by atoms with Gasteiger partial charge < -0.3 is 94.9 Å². The topological polar surface area (TPSA) is 548 Å². The van der Waals surface area contributed by atoms with Crippen LogP contribution in [0.4, 0.5) is 0 Å². The summed E-state index contributed by atoms with van der Waals surface area (Å²) in [5.74, 6) is -10.9. The van der Waals surface area contributed by atoms with E-state index in [9.17, 15) is 77.3 Å². The normalized spacial score (nSPS) is 17.2. The smallest absolute Gasteiger partial charge is 0.246 e. The third kappa shape index (κ3) is 27.3. The fourth-order valence-electron chi connectivity index (χ4n) is 10.5. The Bertz CT molecular complexity index is 3260. The van der Waals surface area contributed by atoms with Crippen molar-refractivity contribution in [1.82, 2.24) is 78.3 Å². The van der Waals surface area contributed by atoms with Crippen molar-refractivity contribution < 1.29 is 77.3 Å². The SMILES string of the molecule is C#CCN(CC(N)=O)C(=O)[C@@H]1C[C@@H](O)CN1C(=O)[C@H](Cc1cnc[nH]1)NC(=O)[C@H](CS)NC(=O)[C@H](CC(C)C)NC(=O)[C@H](CCCCN)NC(=O)[C@H](Cc1ccc(O)cc1)NC(=O)CNC(=O)[C@H](CS)NC(=O)[C@H](CCN=[N+]=[N-])NC(=O)[C@@H](NC(=O)CNC(=O)[C@@H]1CCC(=O)N1)C(C)C. The molecule has 2 aromatic rings. The van der Waals surface area contributed by atoms with Gasteiger partial charge in [-0.3, -0.25) is 67.1 Å². The first-order valence-corrected chi connectivity index (χ1v) is 33.2. The number of azide groups is 1. The number of nitrogens with one attached hydrogen (secondary N) is 12. The third-order valence-electron chi connectivity index (χ3n) is 15.6. The van der Waals surface area contributed by atoms with Crippen molar-refractivity contribution in [3.8, 4) is 18.1 Å². The summed E-state index contributed by atoms with van der Waals surface area (Å²) in [6.45, 7) is 3.93. The van der Waals surface area contributed by atoms with Crippen LogP contribution in [0.3, 0.4) is 0 Å². The maximum Gasteiger partial charge on any atom is 0.246 e. The van der Waals surface area contributed by atoms with E-state index in [4.69, 9.17) is 23.4 Å². The van der Waals surface area contributed by atoms with Gasteiger partial charge in [0.15, 0.2) is 0 Å². The van der Waals surface area contributed by atoms with Crippen LogP contribution in [0.15, 0.2) is 41.9 Å².